The predicted molar refractivity (Wildman–Crippen MR) is 107 cm³/mol. The minimum absolute atomic E-state index is 0.0969. The molecule has 0 fully saturated rings. The normalized spacial score (nSPS) is 13.0. The number of nitrogens with one attached hydrogen (secondary N) is 1. The summed E-state index contributed by atoms with van der Waals surface area (Å²) in [4.78, 5) is 23.9. The average molecular weight is 395 g/mol. The lowest BCUT2D eigenvalue weighted by Gasteiger charge is -2.29. The Morgan fingerprint density at radius 2 is 1.71 bits per heavy atom. The summed E-state index contributed by atoms with van der Waals surface area (Å²) < 4.78 is 10.4. The first-order valence-electron chi connectivity index (χ1n) is 9.34. The van der Waals surface area contributed by atoms with Gasteiger partial charge in [-0.25, -0.2) is 9.59 Å². The number of amides is 1. The number of hydrogen-bond acceptors (Lipinski definition) is 6. The van der Waals surface area contributed by atoms with Gasteiger partial charge in [-0.2, -0.15) is 0 Å². The molecule has 0 aliphatic rings. The largest absolute Gasteiger partial charge is 0.508 e. The molecule has 158 valence electrons. The molecule has 1 rings (SSSR count). The molecule has 1 amide bonds. The summed E-state index contributed by atoms with van der Waals surface area (Å²) in [6, 6.07) is 0.676. The predicted octanol–water partition coefficient (Wildman–Crippen LogP) is 3.84. The molecule has 0 heterocycles. The van der Waals surface area contributed by atoms with E-state index in [0.717, 1.165) is 0 Å². The number of benzene rings is 1. The molecule has 0 aliphatic carbocycles. The Bertz CT molecular complexity index is 733. The van der Waals surface area contributed by atoms with Crippen molar-refractivity contribution in [3.05, 3.63) is 22.8 Å². The highest BCUT2D eigenvalue weighted by Gasteiger charge is 2.29. The zero-order chi connectivity index (χ0) is 21.9. The van der Waals surface area contributed by atoms with Gasteiger partial charge in [0.15, 0.2) is 0 Å². The van der Waals surface area contributed by atoms with E-state index >= 15 is 0 Å². The van der Waals surface area contributed by atoms with E-state index < -0.39 is 29.1 Å². The van der Waals surface area contributed by atoms with E-state index in [1.165, 1.54) is 13.0 Å². The quantitative estimate of drug-likeness (QED) is 0.499. The number of rotatable bonds is 6. The van der Waals surface area contributed by atoms with Crippen molar-refractivity contribution in [2.75, 3.05) is 6.61 Å². The second-order valence-electron chi connectivity index (χ2n) is 8.73. The second-order valence-corrected chi connectivity index (χ2v) is 8.73. The Morgan fingerprint density at radius 1 is 1.14 bits per heavy atom. The summed E-state index contributed by atoms with van der Waals surface area (Å²) in [5, 5.41) is 23.0. The maximum atomic E-state index is 12.1. The molecule has 0 unspecified atom stereocenters. The number of aryl methyl sites for hydroxylation is 1. The van der Waals surface area contributed by atoms with Crippen molar-refractivity contribution in [2.24, 2.45) is 0 Å². The van der Waals surface area contributed by atoms with Crippen molar-refractivity contribution < 1.29 is 29.3 Å². The van der Waals surface area contributed by atoms with E-state index in [-0.39, 0.29) is 18.1 Å². The first kappa shape index (κ1) is 23.6. The van der Waals surface area contributed by atoms with Crippen LogP contribution in [-0.4, -0.2) is 40.5 Å². The smallest absolute Gasteiger partial charge is 0.408 e. The minimum atomic E-state index is -0.850. The van der Waals surface area contributed by atoms with Gasteiger partial charge in [-0.05, 0) is 70.6 Å². The Kier molecular flexibility index (Phi) is 7.34. The van der Waals surface area contributed by atoms with Gasteiger partial charge >= 0.3 is 12.1 Å². The fraction of sp³-hybridized carbons (Fsp3) is 0.619. The van der Waals surface area contributed by atoms with Crippen LogP contribution in [0.4, 0.5) is 4.79 Å². The third kappa shape index (κ3) is 6.32. The highest BCUT2D eigenvalue weighted by atomic mass is 16.6. The standard InChI is InChI=1S/C21H33NO6/c1-12-11-15(23)16(13(2)17(12)24)21(7,8)9-10-27-18(25)14(3)22-19(26)28-20(4,5)6/h11,14,23-24H,9-10H2,1-8H3,(H,22,26)/t14-/m0/s1. The van der Waals surface area contributed by atoms with Crippen LogP contribution in [0.25, 0.3) is 0 Å². The first-order chi connectivity index (χ1) is 12.7. The summed E-state index contributed by atoms with van der Waals surface area (Å²) >= 11 is 0. The Hall–Kier alpha value is -2.44. The molecule has 7 heteroatoms. The lowest BCUT2D eigenvalue weighted by atomic mass is 9.78. The lowest BCUT2D eigenvalue weighted by Crippen LogP contribution is -2.42. The van der Waals surface area contributed by atoms with Crippen LogP contribution >= 0.6 is 0 Å². The highest BCUT2D eigenvalue weighted by Crippen LogP contribution is 2.41. The number of aromatic hydroxyl groups is 2. The highest BCUT2D eigenvalue weighted by molar-refractivity contribution is 5.81. The van der Waals surface area contributed by atoms with Crippen LogP contribution in [-0.2, 0) is 19.7 Å². The van der Waals surface area contributed by atoms with Crippen LogP contribution in [0.15, 0.2) is 6.07 Å². The molecule has 0 aromatic heterocycles. The molecular weight excluding hydrogens is 362 g/mol. The fourth-order valence-electron chi connectivity index (χ4n) is 3.01. The van der Waals surface area contributed by atoms with E-state index in [1.807, 2.05) is 13.8 Å². The van der Waals surface area contributed by atoms with E-state index in [9.17, 15) is 19.8 Å². The monoisotopic (exact) mass is 395 g/mol. The van der Waals surface area contributed by atoms with Crippen LogP contribution in [0.1, 0.15) is 64.7 Å². The van der Waals surface area contributed by atoms with Crippen LogP contribution in [0, 0.1) is 13.8 Å². The van der Waals surface area contributed by atoms with Gasteiger partial charge in [-0.3, -0.25) is 0 Å². The number of phenolic OH excluding ortho intramolecular Hbond substituents is 2. The summed E-state index contributed by atoms with van der Waals surface area (Å²) in [5.41, 5.74) is 0.627. The maximum absolute atomic E-state index is 12.1. The fourth-order valence-corrected chi connectivity index (χ4v) is 3.01. The lowest BCUT2D eigenvalue weighted by molar-refractivity contribution is -0.146. The van der Waals surface area contributed by atoms with Gasteiger partial charge in [0.05, 0.1) is 6.61 Å². The molecule has 0 radical (unpaired) electrons. The van der Waals surface area contributed by atoms with E-state index in [4.69, 9.17) is 9.47 Å². The van der Waals surface area contributed by atoms with Gasteiger partial charge in [0.1, 0.15) is 23.1 Å². The number of esters is 1. The number of carbonyl (C=O) groups excluding carboxylic acids is 2. The minimum Gasteiger partial charge on any atom is -0.508 e. The molecule has 0 saturated carbocycles. The van der Waals surface area contributed by atoms with Crippen LogP contribution in [0.2, 0.25) is 0 Å². The Labute approximate surface area is 167 Å². The number of alkyl carbamates (subject to hydrolysis) is 1. The second kappa shape index (κ2) is 8.71. The van der Waals surface area contributed by atoms with Gasteiger partial charge in [-0.15, -0.1) is 0 Å². The van der Waals surface area contributed by atoms with Crippen molar-refractivity contribution >= 4 is 12.1 Å². The van der Waals surface area contributed by atoms with Crippen molar-refractivity contribution in [1.29, 1.82) is 0 Å². The van der Waals surface area contributed by atoms with Crippen molar-refractivity contribution in [3.8, 4) is 11.5 Å². The molecule has 0 spiro atoms. The average Bonchev–Trinajstić information content (AvgIpc) is 2.50. The molecule has 7 nitrogen and oxygen atoms in total. The zero-order valence-corrected chi connectivity index (χ0v) is 18.1. The summed E-state index contributed by atoms with van der Waals surface area (Å²) in [7, 11) is 0. The molecule has 1 atom stereocenters. The van der Waals surface area contributed by atoms with Gasteiger partial charge < -0.3 is 25.0 Å². The first-order valence-corrected chi connectivity index (χ1v) is 9.34. The third-order valence-electron chi connectivity index (χ3n) is 4.45. The number of hydrogen-bond donors (Lipinski definition) is 3. The summed E-state index contributed by atoms with van der Waals surface area (Å²) in [6.07, 6.45) is -0.262. The topological polar surface area (TPSA) is 105 Å². The molecule has 0 saturated heterocycles. The molecule has 1 aromatic rings. The van der Waals surface area contributed by atoms with E-state index in [2.05, 4.69) is 5.32 Å². The Morgan fingerprint density at radius 3 is 2.25 bits per heavy atom. The summed E-state index contributed by atoms with van der Waals surface area (Å²) in [6.45, 7) is 14.1. The molecular formula is C21H33NO6. The van der Waals surface area contributed by atoms with Gasteiger partial charge in [0.25, 0.3) is 0 Å². The van der Waals surface area contributed by atoms with Crippen LogP contribution < -0.4 is 5.32 Å². The number of phenols is 2. The third-order valence-corrected chi connectivity index (χ3v) is 4.45. The van der Waals surface area contributed by atoms with Crippen molar-refractivity contribution in [3.63, 3.8) is 0 Å². The van der Waals surface area contributed by atoms with Gasteiger partial charge in [-0.1, -0.05) is 13.8 Å². The van der Waals surface area contributed by atoms with Crippen LogP contribution in [0.5, 0.6) is 11.5 Å². The number of carbonyl (C=O) groups is 2. The molecule has 3 N–H and O–H groups in total. The van der Waals surface area contributed by atoms with Gasteiger partial charge in [0, 0.05) is 5.56 Å². The van der Waals surface area contributed by atoms with E-state index in [0.29, 0.717) is 23.1 Å². The summed E-state index contributed by atoms with van der Waals surface area (Å²) in [5.74, 6) is -0.327. The van der Waals surface area contributed by atoms with E-state index in [1.54, 1.807) is 34.6 Å². The van der Waals surface area contributed by atoms with Crippen LogP contribution in [0.3, 0.4) is 0 Å². The molecule has 0 bridgehead atoms. The van der Waals surface area contributed by atoms with Crippen molar-refractivity contribution in [2.45, 2.75) is 78.9 Å². The van der Waals surface area contributed by atoms with Crippen molar-refractivity contribution in [1.82, 2.24) is 5.32 Å². The molecule has 1 aromatic carbocycles. The maximum Gasteiger partial charge on any atom is 0.408 e. The van der Waals surface area contributed by atoms with Gasteiger partial charge in [0.2, 0.25) is 0 Å². The number of ether oxygens (including phenoxy) is 2. The molecule has 0 aliphatic heterocycles. The zero-order valence-electron chi connectivity index (χ0n) is 18.1. The molecule has 28 heavy (non-hydrogen) atoms. The SMILES string of the molecule is Cc1cc(O)c(C(C)(C)CCOC(=O)[C@H](C)NC(=O)OC(C)(C)C)c(C)c1O. The Balaban J connectivity index is 2.68.